The third kappa shape index (κ3) is 10.1. The van der Waals surface area contributed by atoms with Gasteiger partial charge in [-0.2, -0.15) is 0 Å². The van der Waals surface area contributed by atoms with Gasteiger partial charge in [-0.3, -0.25) is 14.8 Å². The second-order valence-electron chi connectivity index (χ2n) is 7.17. The second kappa shape index (κ2) is 15.9. The number of rotatable bonds is 11. The van der Waals surface area contributed by atoms with Crippen LogP contribution in [0.1, 0.15) is 26.3 Å². The summed E-state index contributed by atoms with van der Waals surface area (Å²) in [6.07, 6.45) is 1.03. The van der Waals surface area contributed by atoms with Crippen molar-refractivity contribution < 1.29 is 4.74 Å². The first-order chi connectivity index (χ1) is 13.8. The van der Waals surface area contributed by atoms with Crippen LogP contribution in [0.2, 0.25) is 0 Å². The molecule has 29 heavy (non-hydrogen) atoms. The fourth-order valence-corrected chi connectivity index (χ4v) is 3.63. The fraction of sp³-hybridized carbons (Fsp3) is 0.682. The fourth-order valence-electron chi connectivity index (χ4n) is 3.63. The van der Waals surface area contributed by atoms with Gasteiger partial charge in [0, 0.05) is 38.8 Å². The van der Waals surface area contributed by atoms with Crippen molar-refractivity contribution in [3.8, 4) is 0 Å². The van der Waals surface area contributed by atoms with E-state index >= 15 is 0 Å². The summed E-state index contributed by atoms with van der Waals surface area (Å²) in [6.45, 7) is 16.0. The first kappa shape index (κ1) is 26.1. The predicted octanol–water partition coefficient (Wildman–Crippen LogP) is 2.44. The summed E-state index contributed by atoms with van der Waals surface area (Å²) in [5.41, 5.74) is 1.37. The van der Waals surface area contributed by atoms with Crippen molar-refractivity contribution in [3.63, 3.8) is 0 Å². The number of morpholine rings is 1. The molecule has 1 saturated heterocycles. The molecule has 2 N–H and O–H groups in total. The lowest BCUT2D eigenvalue weighted by molar-refractivity contribution is 0.0389. The van der Waals surface area contributed by atoms with Crippen molar-refractivity contribution in [2.75, 3.05) is 65.6 Å². The van der Waals surface area contributed by atoms with Gasteiger partial charge in [-0.1, -0.05) is 44.2 Å². The molecule has 0 radical (unpaired) electrons. The van der Waals surface area contributed by atoms with Crippen molar-refractivity contribution in [2.24, 2.45) is 4.99 Å². The Kier molecular flexibility index (Phi) is 14.3. The normalized spacial score (nSPS) is 16.3. The van der Waals surface area contributed by atoms with E-state index in [0.717, 1.165) is 78.0 Å². The van der Waals surface area contributed by atoms with Gasteiger partial charge in [-0.25, -0.2) is 0 Å². The number of halogens is 1. The smallest absolute Gasteiger partial charge is 0.191 e. The molecule has 0 spiro atoms. The summed E-state index contributed by atoms with van der Waals surface area (Å²) >= 11 is 0. The minimum Gasteiger partial charge on any atom is -0.379 e. The van der Waals surface area contributed by atoms with Gasteiger partial charge in [0.2, 0.25) is 0 Å². The van der Waals surface area contributed by atoms with Crippen LogP contribution in [0, 0.1) is 0 Å². The quantitative estimate of drug-likeness (QED) is 0.269. The lowest BCUT2D eigenvalue weighted by Crippen LogP contribution is -2.45. The van der Waals surface area contributed by atoms with E-state index < -0.39 is 0 Å². The molecule has 166 valence electrons. The maximum atomic E-state index is 5.42. The highest BCUT2D eigenvalue weighted by Gasteiger charge is 2.16. The zero-order chi connectivity index (χ0) is 20.0. The zero-order valence-electron chi connectivity index (χ0n) is 18.4. The van der Waals surface area contributed by atoms with Gasteiger partial charge in [0.15, 0.2) is 5.96 Å². The molecule has 6 nitrogen and oxygen atoms in total. The van der Waals surface area contributed by atoms with Crippen LogP contribution in [-0.4, -0.2) is 87.4 Å². The van der Waals surface area contributed by atoms with Crippen molar-refractivity contribution in [3.05, 3.63) is 35.9 Å². The number of benzene rings is 1. The lowest BCUT2D eigenvalue weighted by atomic mass is 10.0. The molecule has 0 aromatic heterocycles. The molecule has 1 heterocycles. The standard InChI is InChI=1S/C22H39N5O.HI/c1-4-23-22(24-12-13-26-14-16-28-17-15-26)25-19-21(27(5-2)6-3)18-20-10-8-7-9-11-20;/h7-11,21H,4-6,12-19H2,1-3H3,(H2,23,24,25);1H. The van der Waals surface area contributed by atoms with E-state index in [1.807, 2.05) is 0 Å². The molecule has 1 fully saturated rings. The van der Waals surface area contributed by atoms with Crippen molar-refractivity contribution in [1.82, 2.24) is 20.4 Å². The highest BCUT2D eigenvalue weighted by molar-refractivity contribution is 14.0. The van der Waals surface area contributed by atoms with Gasteiger partial charge in [0.1, 0.15) is 0 Å². The van der Waals surface area contributed by atoms with Gasteiger partial charge in [0.25, 0.3) is 0 Å². The molecule has 0 aliphatic carbocycles. The minimum absolute atomic E-state index is 0. The number of nitrogens with zero attached hydrogens (tertiary/aromatic N) is 3. The van der Waals surface area contributed by atoms with E-state index in [9.17, 15) is 0 Å². The average Bonchev–Trinajstić information content (AvgIpc) is 2.74. The van der Waals surface area contributed by atoms with Crippen LogP contribution in [0.25, 0.3) is 0 Å². The number of aliphatic imine (C=N–C) groups is 1. The second-order valence-corrected chi connectivity index (χ2v) is 7.17. The Morgan fingerprint density at radius 3 is 2.41 bits per heavy atom. The number of hydrogen-bond acceptors (Lipinski definition) is 4. The summed E-state index contributed by atoms with van der Waals surface area (Å²) in [5.74, 6) is 0.918. The molecule has 2 rings (SSSR count). The Balaban J connectivity index is 0.00000420. The highest BCUT2D eigenvalue weighted by Crippen LogP contribution is 2.10. The van der Waals surface area contributed by atoms with Gasteiger partial charge in [0.05, 0.1) is 19.8 Å². The average molecular weight is 518 g/mol. The van der Waals surface area contributed by atoms with Gasteiger partial charge >= 0.3 is 0 Å². The molecule has 1 aliphatic rings. The summed E-state index contributed by atoms with van der Waals surface area (Å²) in [6, 6.07) is 11.2. The minimum atomic E-state index is 0. The number of nitrogens with one attached hydrogen (secondary N) is 2. The summed E-state index contributed by atoms with van der Waals surface area (Å²) in [7, 11) is 0. The van der Waals surface area contributed by atoms with E-state index in [-0.39, 0.29) is 24.0 Å². The third-order valence-corrected chi connectivity index (χ3v) is 5.27. The van der Waals surface area contributed by atoms with Crippen LogP contribution < -0.4 is 10.6 Å². The van der Waals surface area contributed by atoms with Crippen LogP contribution in [0.5, 0.6) is 0 Å². The number of ether oxygens (including phenoxy) is 1. The molecule has 7 heteroatoms. The SMILES string of the molecule is CCNC(=NCC(Cc1ccccc1)N(CC)CC)NCCN1CCOCC1.I. The first-order valence-corrected chi connectivity index (χ1v) is 10.9. The van der Waals surface area contributed by atoms with E-state index in [2.05, 4.69) is 71.5 Å². The number of hydrogen-bond donors (Lipinski definition) is 2. The molecular weight excluding hydrogens is 477 g/mol. The largest absolute Gasteiger partial charge is 0.379 e. The molecule has 1 aromatic rings. The Labute approximate surface area is 194 Å². The molecule has 0 saturated carbocycles. The predicted molar refractivity (Wildman–Crippen MR) is 134 cm³/mol. The van der Waals surface area contributed by atoms with E-state index in [1.54, 1.807) is 0 Å². The van der Waals surface area contributed by atoms with Gasteiger partial charge in [-0.05, 0) is 32.0 Å². The van der Waals surface area contributed by atoms with Crippen LogP contribution in [0.15, 0.2) is 35.3 Å². The molecule has 1 aliphatic heterocycles. The molecule has 1 unspecified atom stereocenters. The van der Waals surface area contributed by atoms with E-state index in [4.69, 9.17) is 9.73 Å². The van der Waals surface area contributed by atoms with Gasteiger partial charge in [-0.15, -0.1) is 24.0 Å². The van der Waals surface area contributed by atoms with Crippen molar-refractivity contribution in [1.29, 1.82) is 0 Å². The van der Waals surface area contributed by atoms with Crippen LogP contribution in [-0.2, 0) is 11.2 Å². The summed E-state index contributed by atoms with van der Waals surface area (Å²) < 4.78 is 5.42. The summed E-state index contributed by atoms with van der Waals surface area (Å²) in [4.78, 5) is 9.87. The van der Waals surface area contributed by atoms with Crippen LogP contribution >= 0.6 is 24.0 Å². The maximum absolute atomic E-state index is 5.42. The van der Waals surface area contributed by atoms with Crippen LogP contribution in [0.4, 0.5) is 0 Å². The third-order valence-electron chi connectivity index (χ3n) is 5.27. The van der Waals surface area contributed by atoms with Crippen molar-refractivity contribution in [2.45, 2.75) is 33.2 Å². The van der Waals surface area contributed by atoms with Crippen molar-refractivity contribution >= 4 is 29.9 Å². The molecule has 0 amide bonds. The summed E-state index contributed by atoms with van der Waals surface area (Å²) in [5, 5.41) is 6.89. The monoisotopic (exact) mass is 517 g/mol. The zero-order valence-corrected chi connectivity index (χ0v) is 20.7. The Bertz CT molecular complexity index is 547. The first-order valence-electron chi connectivity index (χ1n) is 10.9. The number of likely N-dealkylation sites (N-methyl/N-ethyl adjacent to an activating group) is 1. The Morgan fingerprint density at radius 2 is 1.79 bits per heavy atom. The molecular formula is C22H40IN5O. The van der Waals surface area contributed by atoms with E-state index in [1.165, 1.54) is 5.56 Å². The maximum Gasteiger partial charge on any atom is 0.191 e. The topological polar surface area (TPSA) is 52.1 Å². The van der Waals surface area contributed by atoms with E-state index in [0.29, 0.717) is 6.04 Å². The number of guanidine groups is 1. The highest BCUT2D eigenvalue weighted by atomic mass is 127. The van der Waals surface area contributed by atoms with Gasteiger partial charge < -0.3 is 15.4 Å². The molecule has 1 aromatic carbocycles. The lowest BCUT2D eigenvalue weighted by Gasteiger charge is -2.29. The van der Waals surface area contributed by atoms with Crippen LogP contribution in [0.3, 0.4) is 0 Å². The Morgan fingerprint density at radius 1 is 1.10 bits per heavy atom. The molecule has 1 atom stereocenters. The molecule has 0 bridgehead atoms. The Hall–Kier alpha value is -0.900.